The maximum atomic E-state index is 12.6. The zero-order valence-electron chi connectivity index (χ0n) is 15.7. The van der Waals surface area contributed by atoms with Crippen LogP contribution in [0.2, 0.25) is 0 Å². The Kier molecular flexibility index (Phi) is 5.28. The van der Waals surface area contributed by atoms with Crippen molar-refractivity contribution < 1.29 is 32.3 Å². The molecule has 3 fully saturated rings. The van der Waals surface area contributed by atoms with Gasteiger partial charge in [0.1, 0.15) is 0 Å². The van der Waals surface area contributed by atoms with Gasteiger partial charge in [0.05, 0.1) is 18.1 Å². The highest BCUT2D eigenvalue weighted by atomic mass is 32.2. The highest BCUT2D eigenvalue weighted by molar-refractivity contribution is 7.89. The first-order valence-corrected chi connectivity index (χ1v) is 10.7. The molecule has 29 heavy (non-hydrogen) atoms. The number of likely N-dealkylation sites (tertiary alicyclic amines) is 1. The van der Waals surface area contributed by atoms with E-state index >= 15 is 0 Å². The molecular formula is C18H21N3O7S. The van der Waals surface area contributed by atoms with Gasteiger partial charge in [0.15, 0.2) is 6.61 Å². The fraction of sp³-hybridized carbons (Fsp3) is 0.500. The number of hydrogen-bond donors (Lipinski definition) is 0. The van der Waals surface area contributed by atoms with Crippen molar-refractivity contribution in [3.05, 3.63) is 29.8 Å². The number of rotatable bonds is 5. The van der Waals surface area contributed by atoms with Gasteiger partial charge in [0.2, 0.25) is 10.0 Å². The molecule has 0 saturated carbocycles. The van der Waals surface area contributed by atoms with Crippen LogP contribution in [0, 0.1) is 5.92 Å². The lowest BCUT2D eigenvalue weighted by atomic mass is 9.98. The number of ether oxygens (including phenoxy) is 2. The van der Waals surface area contributed by atoms with Crippen molar-refractivity contribution in [2.24, 2.45) is 5.92 Å². The van der Waals surface area contributed by atoms with Gasteiger partial charge in [-0.25, -0.2) is 18.1 Å². The lowest BCUT2D eigenvalue weighted by Crippen LogP contribution is -2.54. The molecule has 0 unspecified atom stereocenters. The number of cyclic esters (lactones) is 1. The summed E-state index contributed by atoms with van der Waals surface area (Å²) < 4.78 is 36.5. The quantitative estimate of drug-likeness (QED) is 0.642. The largest absolute Gasteiger partial charge is 0.439 e. The van der Waals surface area contributed by atoms with Crippen molar-refractivity contribution in [3.63, 3.8) is 0 Å². The van der Waals surface area contributed by atoms with Crippen molar-refractivity contribution in [1.82, 2.24) is 14.1 Å². The van der Waals surface area contributed by atoms with Gasteiger partial charge in [-0.3, -0.25) is 9.59 Å². The van der Waals surface area contributed by atoms with Crippen molar-refractivity contribution in [3.8, 4) is 0 Å². The minimum absolute atomic E-state index is 0.00882. The number of sulfonamides is 1. The molecule has 156 valence electrons. The molecular weight excluding hydrogens is 402 g/mol. The molecule has 0 aromatic heterocycles. The summed E-state index contributed by atoms with van der Waals surface area (Å²) in [5.41, 5.74) is 0.390. The van der Waals surface area contributed by atoms with Gasteiger partial charge in [0, 0.05) is 44.2 Å². The van der Waals surface area contributed by atoms with Crippen LogP contribution in [0.4, 0.5) is 4.79 Å². The number of hydrogen-bond acceptors (Lipinski definition) is 7. The van der Waals surface area contributed by atoms with Gasteiger partial charge >= 0.3 is 6.09 Å². The second-order valence-electron chi connectivity index (χ2n) is 7.18. The monoisotopic (exact) mass is 423 g/mol. The number of nitrogens with zero attached hydrogens (tertiary/aromatic N) is 3. The molecule has 3 heterocycles. The predicted octanol–water partition coefficient (Wildman–Crippen LogP) is -0.242. The number of carbonyl (C=O) groups excluding carboxylic acids is 3. The number of morpholine rings is 1. The summed E-state index contributed by atoms with van der Waals surface area (Å²) in [5, 5.41) is 0. The maximum Gasteiger partial charge on any atom is 0.417 e. The van der Waals surface area contributed by atoms with Crippen molar-refractivity contribution in [2.45, 2.75) is 4.90 Å². The number of amides is 3. The normalized spacial score (nSPS) is 21.2. The topological polar surface area (TPSA) is 114 Å². The molecule has 0 N–H and O–H groups in total. The molecule has 3 aliphatic heterocycles. The smallest absolute Gasteiger partial charge is 0.417 e. The summed E-state index contributed by atoms with van der Waals surface area (Å²) in [4.78, 5) is 38.4. The molecule has 0 bridgehead atoms. The molecule has 10 nitrogen and oxygen atoms in total. The Morgan fingerprint density at radius 1 is 1.07 bits per heavy atom. The average molecular weight is 423 g/mol. The molecule has 3 aliphatic rings. The van der Waals surface area contributed by atoms with E-state index in [2.05, 4.69) is 4.74 Å². The fourth-order valence-corrected chi connectivity index (χ4v) is 4.96. The third-order valence-corrected chi connectivity index (χ3v) is 7.15. The minimum Gasteiger partial charge on any atom is -0.439 e. The average Bonchev–Trinajstić information content (AvgIpc) is 3.02. The third kappa shape index (κ3) is 3.85. The van der Waals surface area contributed by atoms with E-state index in [9.17, 15) is 22.8 Å². The first kappa shape index (κ1) is 19.8. The van der Waals surface area contributed by atoms with Gasteiger partial charge < -0.3 is 14.4 Å². The van der Waals surface area contributed by atoms with Gasteiger partial charge in [-0.2, -0.15) is 4.31 Å². The molecule has 0 spiro atoms. The molecule has 1 aromatic carbocycles. The van der Waals surface area contributed by atoms with E-state index in [0.717, 1.165) is 4.90 Å². The highest BCUT2D eigenvalue weighted by Crippen LogP contribution is 2.23. The lowest BCUT2D eigenvalue weighted by Gasteiger charge is -2.40. The standard InChI is InChI=1S/C18H21N3O7S/c22-16-12-28-18(24)21(16)11-13-9-19(10-13)17(23)14-1-3-15(4-2-14)29(25,26)20-5-7-27-8-6-20/h1-4,13H,5-12H2. The van der Waals surface area contributed by atoms with E-state index in [0.29, 0.717) is 45.0 Å². The van der Waals surface area contributed by atoms with E-state index in [4.69, 9.17) is 4.74 Å². The van der Waals surface area contributed by atoms with Crippen LogP contribution in [0.1, 0.15) is 10.4 Å². The zero-order chi connectivity index (χ0) is 20.6. The first-order valence-electron chi connectivity index (χ1n) is 9.30. The Balaban J connectivity index is 1.34. The summed E-state index contributed by atoms with van der Waals surface area (Å²) in [7, 11) is -3.60. The van der Waals surface area contributed by atoms with E-state index in [1.54, 1.807) is 4.90 Å². The fourth-order valence-electron chi connectivity index (χ4n) is 3.55. The van der Waals surface area contributed by atoms with Gasteiger partial charge in [-0.1, -0.05) is 0 Å². The van der Waals surface area contributed by atoms with E-state index in [-0.39, 0.29) is 35.8 Å². The van der Waals surface area contributed by atoms with Gasteiger partial charge in [-0.05, 0) is 24.3 Å². The van der Waals surface area contributed by atoms with E-state index in [1.165, 1.54) is 28.6 Å². The molecule has 11 heteroatoms. The van der Waals surface area contributed by atoms with Crippen LogP contribution in [-0.2, 0) is 24.3 Å². The zero-order valence-corrected chi connectivity index (χ0v) is 16.5. The summed E-state index contributed by atoms with van der Waals surface area (Å²) >= 11 is 0. The summed E-state index contributed by atoms with van der Waals surface area (Å²) in [6, 6.07) is 5.89. The summed E-state index contributed by atoms with van der Waals surface area (Å²) in [6.45, 7) is 2.20. The second-order valence-corrected chi connectivity index (χ2v) is 9.11. The predicted molar refractivity (Wildman–Crippen MR) is 98.5 cm³/mol. The second kappa shape index (κ2) is 7.73. The number of imide groups is 1. The summed E-state index contributed by atoms with van der Waals surface area (Å²) in [5.74, 6) is -0.571. The lowest BCUT2D eigenvalue weighted by molar-refractivity contribution is -0.126. The molecule has 3 saturated heterocycles. The van der Waals surface area contributed by atoms with Crippen LogP contribution in [0.15, 0.2) is 29.2 Å². The Hall–Kier alpha value is -2.50. The highest BCUT2D eigenvalue weighted by Gasteiger charge is 2.38. The summed E-state index contributed by atoms with van der Waals surface area (Å²) in [6.07, 6.45) is -0.642. The maximum absolute atomic E-state index is 12.6. The van der Waals surface area contributed by atoms with Gasteiger partial charge in [-0.15, -0.1) is 0 Å². The van der Waals surface area contributed by atoms with Gasteiger partial charge in [0.25, 0.3) is 11.8 Å². The molecule has 4 rings (SSSR count). The SMILES string of the molecule is O=C(c1ccc(S(=O)(=O)N2CCOCC2)cc1)N1CC(CN2C(=O)COC2=O)C1. The molecule has 0 atom stereocenters. The Labute approximate surface area is 168 Å². The van der Waals surface area contributed by atoms with Crippen LogP contribution in [0.5, 0.6) is 0 Å². The van der Waals surface area contributed by atoms with Crippen LogP contribution in [0.3, 0.4) is 0 Å². The van der Waals surface area contributed by atoms with E-state index < -0.39 is 16.1 Å². The third-order valence-electron chi connectivity index (χ3n) is 5.23. The first-order chi connectivity index (χ1) is 13.9. The van der Waals surface area contributed by atoms with Crippen LogP contribution >= 0.6 is 0 Å². The van der Waals surface area contributed by atoms with Crippen LogP contribution < -0.4 is 0 Å². The Bertz CT molecular complexity index is 903. The Morgan fingerprint density at radius 2 is 1.72 bits per heavy atom. The molecule has 1 aromatic rings. The van der Waals surface area contributed by atoms with Crippen LogP contribution in [0.25, 0.3) is 0 Å². The van der Waals surface area contributed by atoms with Crippen molar-refractivity contribution in [2.75, 3.05) is 52.5 Å². The van der Waals surface area contributed by atoms with Crippen LogP contribution in [-0.4, -0.2) is 93.0 Å². The number of benzene rings is 1. The number of carbonyl (C=O) groups is 3. The van der Waals surface area contributed by atoms with Crippen molar-refractivity contribution in [1.29, 1.82) is 0 Å². The van der Waals surface area contributed by atoms with E-state index in [1.807, 2.05) is 0 Å². The Morgan fingerprint density at radius 3 is 2.31 bits per heavy atom. The van der Waals surface area contributed by atoms with Crippen molar-refractivity contribution >= 4 is 27.9 Å². The minimum atomic E-state index is -3.60. The molecule has 3 amide bonds. The molecule has 0 aliphatic carbocycles. The molecule has 0 radical (unpaired) electrons.